The third-order valence-corrected chi connectivity index (χ3v) is 18.4. The number of ketones is 1. The molecule has 1 aliphatic carbocycles. The summed E-state index contributed by atoms with van der Waals surface area (Å²) in [6.07, 6.45) is 0.413. The molecule has 0 unspecified atom stereocenters. The highest BCUT2D eigenvalue weighted by molar-refractivity contribution is 6.92. The van der Waals surface area contributed by atoms with Gasteiger partial charge in [0.2, 0.25) is 0 Å². The smallest absolute Gasteiger partial charge is 0.349 e. The standard InChI is InChI=1S/C26H32N4O4Si.C20H15NO4/c1-7-26(33)12-21(31)34-13-17-18(26)11-20-22-28-19-9-8-15(27)10-16(19)24(35(5,6)25(2,3)4)30(22)14-29(20)23(17)32;22-16(23)10-5-11-21-18-13-7-2-3-8-14(13)19(24)17(18)12-6-1-4-9-15(12)20(21)25/h8-11,33H,7,12-14H2,1-6H3,(H-,27,32);1-4,6-9H,5,10-11H2,(H,22,23)/p+1/t26-;/m1./s1. The van der Waals surface area contributed by atoms with Crippen molar-refractivity contribution in [2.75, 3.05) is 5.73 Å². The molecule has 0 spiro atoms. The Hall–Kier alpha value is -6.25. The van der Waals surface area contributed by atoms with Crippen LogP contribution < -0.4 is 26.7 Å². The van der Waals surface area contributed by atoms with E-state index in [1.165, 1.54) is 5.32 Å². The number of anilines is 1. The van der Waals surface area contributed by atoms with Gasteiger partial charge in [-0.2, -0.15) is 0 Å². The van der Waals surface area contributed by atoms with Crippen molar-refractivity contribution < 1.29 is 33.9 Å². The number of benzene rings is 3. The van der Waals surface area contributed by atoms with Crippen LogP contribution in [0.1, 0.15) is 80.4 Å². The fourth-order valence-electron chi connectivity index (χ4n) is 8.72. The summed E-state index contributed by atoms with van der Waals surface area (Å²) in [6, 6.07) is 21.9. The quantitative estimate of drug-likeness (QED) is 0.0826. The zero-order valence-corrected chi connectivity index (χ0v) is 35.6. The number of aliphatic hydroxyl groups is 1. The van der Waals surface area contributed by atoms with Gasteiger partial charge < -0.3 is 25.3 Å². The van der Waals surface area contributed by atoms with Crippen molar-refractivity contribution in [3.05, 3.63) is 116 Å². The summed E-state index contributed by atoms with van der Waals surface area (Å²) >= 11 is 0. The topological polar surface area (TPSA) is 188 Å². The van der Waals surface area contributed by atoms with Crippen LogP contribution in [0.4, 0.5) is 5.69 Å². The Kier molecular flexibility index (Phi) is 9.78. The molecular formula is C46H48N5O8Si+. The monoisotopic (exact) mass is 826 g/mol. The Morgan fingerprint density at radius 2 is 1.63 bits per heavy atom. The molecule has 1 atom stereocenters. The predicted octanol–water partition coefficient (Wildman–Crippen LogP) is 5.59. The highest BCUT2D eigenvalue weighted by Crippen LogP contribution is 2.41. The molecule has 308 valence electrons. The zero-order chi connectivity index (χ0) is 43.1. The van der Waals surface area contributed by atoms with E-state index in [9.17, 15) is 29.1 Å². The molecule has 0 amide bonds. The van der Waals surface area contributed by atoms with E-state index in [1.807, 2.05) is 49.4 Å². The molecule has 5 heterocycles. The number of hydrogen-bond donors (Lipinski definition) is 3. The van der Waals surface area contributed by atoms with Crippen LogP contribution in [0, 0.1) is 0 Å². The highest BCUT2D eigenvalue weighted by Gasteiger charge is 2.48. The molecule has 4 N–H and O–H groups in total. The Morgan fingerprint density at radius 3 is 2.32 bits per heavy atom. The summed E-state index contributed by atoms with van der Waals surface area (Å²) in [4.78, 5) is 67.7. The molecule has 3 aliphatic rings. The van der Waals surface area contributed by atoms with Crippen LogP contribution in [-0.2, 0) is 39.7 Å². The molecule has 2 aliphatic heterocycles. The van der Waals surface area contributed by atoms with E-state index in [-0.39, 0.29) is 54.4 Å². The number of carboxylic acids is 1. The van der Waals surface area contributed by atoms with Crippen LogP contribution in [-0.4, -0.2) is 50.1 Å². The van der Waals surface area contributed by atoms with E-state index in [2.05, 4.69) is 38.4 Å². The molecule has 3 aromatic carbocycles. The number of cyclic esters (lactones) is 1. The maximum absolute atomic E-state index is 13.8. The van der Waals surface area contributed by atoms with Gasteiger partial charge in [0.15, 0.2) is 18.0 Å². The number of carboxylic acid groups (broad SMARTS) is 1. The number of ether oxygens (including phenoxy) is 1. The van der Waals surface area contributed by atoms with Crippen LogP contribution in [0.25, 0.3) is 44.5 Å². The Balaban J connectivity index is 0.000000176. The lowest BCUT2D eigenvalue weighted by Gasteiger charge is -2.36. The van der Waals surface area contributed by atoms with E-state index < -0.39 is 25.6 Å². The first kappa shape index (κ1) is 40.5. The Labute approximate surface area is 346 Å². The number of carbonyl (C=O) groups is 3. The van der Waals surface area contributed by atoms with E-state index in [0.717, 1.165) is 16.5 Å². The second-order valence-corrected chi connectivity index (χ2v) is 22.7. The minimum atomic E-state index is -2.13. The van der Waals surface area contributed by atoms with Crippen molar-refractivity contribution in [1.82, 2.24) is 14.1 Å². The maximum Gasteiger partial charge on any atom is 0.349 e. The van der Waals surface area contributed by atoms with Crippen LogP contribution in [0.2, 0.25) is 18.1 Å². The van der Waals surface area contributed by atoms with Crippen LogP contribution in [0.5, 0.6) is 0 Å². The first-order valence-corrected chi connectivity index (χ1v) is 23.2. The number of rotatable bonds is 6. The van der Waals surface area contributed by atoms with Crippen LogP contribution in [0.15, 0.2) is 82.4 Å². The van der Waals surface area contributed by atoms with E-state index in [0.29, 0.717) is 69.0 Å². The van der Waals surface area contributed by atoms with Gasteiger partial charge in [0.1, 0.15) is 26.0 Å². The normalized spacial score (nSPS) is 16.6. The zero-order valence-electron chi connectivity index (χ0n) is 34.6. The number of nitrogens with zero attached hydrogens (tertiary/aromatic N) is 4. The lowest BCUT2D eigenvalue weighted by Crippen LogP contribution is -2.66. The second-order valence-electron chi connectivity index (χ2n) is 17.5. The molecule has 6 aromatic rings. The van der Waals surface area contributed by atoms with Crippen molar-refractivity contribution in [3.8, 4) is 22.8 Å². The summed E-state index contributed by atoms with van der Waals surface area (Å²) in [6.45, 7) is 13.7. The first-order chi connectivity index (χ1) is 28.4. The molecule has 0 bridgehead atoms. The van der Waals surface area contributed by atoms with Gasteiger partial charge in [-0.15, -0.1) is 0 Å². The average Bonchev–Trinajstić information content (AvgIpc) is 3.67. The minimum Gasteiger partial charge on any atom is -0.481 e. The molecule has 13 nitrogen and oxygen atoms in total. The van der Waals surface area contributed by atoms with Gasteiger partial charge in [0.25, 0.3) is 11.1 Å². The number of hydrogen-bond acceptors (Lipinski definition) is 9. The van der Waals surface area contributed by atoms with Gasteiger partial charge in [-0.25, -0.2) is 4.57 Å². The van der Waals surface area contributed by atoms with Crippen molar-refractivity contribution >= 4 is 58.5 Å². The largest absolute Gasteiger partial charge is 0.481 e. The number of nitrogen functional groups attached to an aromatic ring is 1. The van der Waals surface area contributed by atoms with Gasteiger partial charge in [0.05, 0.1) is 33.9 Å². The number of aliphatic carboxylic acids is 1. The van der Waals surface area contributed by atoms with Gasteiger partial charge in [0, 0.05) is 40.6 Å². The van der Waals surface area contributed by atoms with Crippen molar-refractivity contribution in [1.29, 1.82) is 0 Å². The lowest BCUT2D eigenvalue weighted by molar-refractivity contribution is -0.667. The average molecular weight is 827 g/mol. The fourth-order valence-corrected chi connectivity index (χ4v) is 11.2. The molecule has 0 saturated heterocycles. The summed E-state index contributed by atoms with van der Waals surface area (Å²) in [7, 11) is -2.13. The highest BCUT2D eigenvalue weighted by atomic mass is 28.3. The summed E-state index contributed by atoms with van der Waals surface area (Å²) in [5.74, 6) is -0.806. The fraction of sp³-hybridized carbons (Fsp3) is 0.326. The summed E-state index contributed by atoms with van der Waals surface area (Å²) in [5, 5.41) is 23.6. The molecule has 14 heteroatoms. The molecular weight excluding hydrogens is 779 g/mol. The summed E-state index contributed by atoms with van der Waals surface area (Å²) < 4.78 is 10.7. The first-order valence-electron chi connectivity index (χ1n) is 20.2. The summed E-state index contributed by atoms with van der Waals surface area (Å²) in [5.41, 5.74) is 9.70. The molecule has 60 heavy (non-hydrogen) atoms. The van der Waals surface area contributed by atoms with Crippen LogP contribution in [0.3, 0.4) is 0 Å². The number of fused-ring (bicyclic) bond motifs is 10. The van der Waals surface area contributed by atoms with Gasteiger partial charge in [-0.3, -0.25) is 28.5 Å². The van der Waals surface area contributed by atoms with Crippen molar-refractivity contribution in [3.63, 3.8) is 0 Å². The molecule has 0 saturated carbocycles. The third kappa shape index (κ3) is 6.36. The van der Waals surface area contributed by atoms with E-state index >= 15 is 0 Å². The molecule has 3 aromatic heterocycles. The van der Waals surface area contributed by atoms with Gasteiger partial charge >= 0.3 is 17.8 Å². The lowest BCUT2D eigenvalue weighted by atomic mass is 9.85. The number of esters is 1. The van der Waals surface area contributed by atoms with Crippen molar-refractivity contribution in [2.24, 2.45) is 0 Å². The van der Waals surface area contributed by atoms with Gasteiger partial charge in [-0.1, -0.05) is 83.3 Å². The molecule has 9 rings (SSSR count). The number of nitrogens with two attached hydrogens (primary N) is 1. The number of carbonyl (C=O) groups excluding carboxylic acids is 2. The number of pyridine rings is 2. The molecule has 0 fully saturated rings. The predicted molar refractivity (Wildman–Crippen MR) is 231 cm³/mol. The molecule has 0 radical (unpaired) electrons. The van der Waals surface area contributed by atoms with Crippen LogP contribution >= 0.6 is 0 Å². The van der Waals surface area contributed by atoms with Crippen molar-refractivity contribution in [2.45, 2.75) is 96.9 Å². The second kappa shape index (κ2) is 14.5. The Bertz CT molecular complexity index is 2960. The third-order valence-electron chi connectivity index (χ3n) is 12.9. The van der Waals surface area contributed by atoms with E-state index in [1.54, 1.807) is 39.5 Å². The SMILES string of the molecule is CC[C@@]1(O)CC(=O)OCc2c1cc1n(c2=O)C[n+]2c-1nc1ccc(N)cc1c2[Si](C)(C)C(C)(C)C.O=C(O)CCCn1c2c(c3ccccc3c1=O)C(=O)c1ccccc1-2. The Morgan fingerprint density at radius 1 is 0.950 bits per heavy atom. The maximum atomic E-state index is 13.8. The van der Waals surface area contributed by atoms with E-state index in [4.69, 9.17) is 20.6 Å². The van der Waals surface area contributed by atoms with Gasteiger partial charge in [-0.05, 0) is 58.8 Å². The number of aromatic nitrogens is 4. The minimum absolute atomic E-state index is 0.0242.